The van der Waals surface area contributed by atoms with Crippen molar-refractivity contribution >= 4 is 16.7 Å². The Morgan fingerprint density at radius 3 is 2.42 bits per heavy atom. The molecule has 1 amide bonds. The zero-order chi connectivity index (χ0) is 22.5. The Kier molecular flexibility index (Phi) is 4.47. The third kappa shape index (κ3) is 3.35. The predicted octanol–water partition coefficient (Wildman–Crippen LogP) is 5.28. The Labute approximate surface area is 189 Å². The highest BCUT2D eigenvalue weighted by molar-refractivity contribution is 6.09. The Balaban J connectivity index is 1.44. The summed E-state index contributed by atoms with van der Waals surface area (Å²) in [6, 6.07) is 19.2. The van der Waals surface area contributed by atoms with Crippen LogP contribution in [0.1, 0.15) is 21.5 Å². The SMILES string of the molecule is O=C1c2cc3cc4c(cc3c(-c3ccc(F)cc3)c2CN1CCc1ccc(O)cc1)OCO4. The van der Waals surface area contributed by atoms with Gasteiger partial charge in [0.1, 0.15) is 11.6 Å². The van der Waals surface area contributed by atoms with Crippen molar-refractivity contribution in [3.05, 3.63) is 89.2 Å². The lowest BCUT2D eigenvalue weighted by Gasteiger charge is -2.16. The van der Waals surface area contributed by atoms with Crippen LogP contribution in [-0.2, 0) is 13.0 Å². The molecule has 2 heterocycles. The van der Waals surface area contributed by atoms with Gasteiger partial charge in [0.2, 0.25) is 6.79 Å². The molecule has 4 aromatic rings. The second kappa shape index (κ2) is 7.52. The predicted molar refractivity (Wildman–Crippen MR) is 122 cm³/mol. The Bertz CT molecular complexity index is 1400. The van der Waals surface area contributed by atoms with Crippen molar-refractivity contribution in [1.82, 2.24) is 4.90 Å². The monoisotopic (exact) mass is 441 g/mol. The minimum atomic E-state index is -0.306. The number of hydrogen-bond acceptors (Lipinski definition) is 4. The molecule has 6 rings (SSSR count). The fourth-order valence-electron chi connectivity index (χ4n) is 4.68. The zero-order valence-electron chi connectivity index (χ0n) is 17.7. The van der Waals surface area contributed by atoms with Crippen molar-refractivity contribution in [2.45, 2.75) is 13.0 Å². The fourth-order valence-corrected chi connectivity index (χ4v) is 4.68. The van der Waals surface area contributed by atoms with Crippen LogP contribution in [-0.4, -0.2) is 29.3 Å². The maximum atomic E-state index is 13.7. The van der Waals surface area contributed by atoms with Gasteiger partial charge in [-0.3, -0.25) is 4.79 Å². The van der Waals surface area contributed by atoms with Crippen LogP contribution in [0.25, 0.3) is 21.9 Å². The van der Waals surface area contributed by atoms with E-state index in [1.807, 2.05) is 35.2 Å². The maximum Gasteiger partial charge on any atom is 0.254 e. The second-order valence-electron chi connectivity index (χ2n) is 8.35. The van der Waals surface area contributed by atoms with Crippen molar-refractivity contribution in [3.63, 3.8) is 0 Å². The molecule has 33 heavy (non-hydrogen) atoms. The van der Waals surface area contributed by atoms with Gasteiger partial charge in [-0.1, -0.05) is 24.3 Å². The van der Waals surface area contributed by atoms with Gasteiger partial charge in [0.05, 0.1) is 0 Å². The number of carbonyl (C=O) groups is 1. The van der Waals surface area contributed by atoms with Gasteiger partial charge in [-0.05, 0) is 81.9 Å². The number of benzene rings is 4. The number of aromatic hydroxyl groups is 1. The Hall–Kier alpha value is -4.06. The number of phenolic OH excluding ortho intramolecular Hbond substituents is 1. The van der Waals surface area contributed by atoms with Crippen LogP contribution in [0.2, 0.25) is 0 Å². The van der Waals surface area contributed by atoms with E-state index in [2.05, 4.69) is 0 Å². The van der Waals surface area contributed by atoms with Crippen LogP contribution < -0.4 is 9.47 Å². The highest BCUT2D eigenvalue weighted by Crippen LogP contribution is 2.44. The number of phenols is 1. The highest BCUT2D eigenvalue weighted by Gasteiger charge is 2.31. The zero-order valence-corrected chi connectivity index (χ0v) is 17.7. The first-order valence-corrected chi connectivity index (χ1v) is 10.8. The summed E-state index contributed by atoms with van der Waals surface area (Å²) in [5.41, 5.74) is 4.41. The molecule has 0 bridgehead atoms. The van der Waals surface area contributed by atoms with E-state index in [0.717, 1.165) is 33.0 Å². The molecule has 6 heteroatoms. The third-order valence-electron chi connectivity index (χ3n) is 6.35. The molecule has 1 N–H and O–H groups in total. The summed E-state index contributed by atoms with van der Waals surface area (Å²) < 4.78 is 24.8. The van der Waals surface area contributed by atoms with Crippen molar-refractivity contribution in [2.75, 3.05) is 13.3 Å². The lowest BCUT2D eigenvalue weighted by Crippen LogP contribution is -2.26. The Morgan fingerprint density at radius 1 is 0.939 bits per heavy atom. The molecule has 2 aliphatic heterocycles. The van der Waals surface area contributed by atoms with Crippen LogP contribution in [0, 0.1) is 5.82 Å². The first kappa shape index (κ1) is 19.6. The average molecular weight is 441 g/mol. The molecule has 0 atom stereocenters. The number of halogens is 1. The first-order chi connectivity index (χ1) is 16.1. The third-order valence-corrected chi connectivity index (χ3v) is 6.35. The van der Waals surface area contributed by atoms with Gasteiger partial charge < -0.3 is 19.5 Å². The normalized spacial score (nSPS) is 14.2. The summed E-state index contributed by atoms with van der Waals surface area (Å²) in [6.45, 7) is 1.20. The first-order valence-electron chi connectivity index (χ1n) is 10.8. The summed E-state index contributed by atoms with van der Waals surface area (Å²) in [7, 11) is 0. The van der Waals surface area contributed by atoms with Crippen LogP contribution in [0.5, 0.6) is 17.2 Å². The lowest BCUT2D eigenvalue weighted by molar-refractivity contribution is 0.0780. The summed E-state index contributed by atoms with van der Waals surface area (Å²) in [5.74, 6) is 1.21. The molecule has 0 radical (unpaired) electrons. The van der Waals surface area contributed by atoms with Crippen molar-refractivity contribution in [3.8, 4) is 28.4 Å². The quantitative estimate of drug-likeness (QED) is 0.468. The molecule has 0 saturated carbocycles. The van der Waals surface area contributed by atoms with E-state index in [9.17, 15) is 14.3 Å². The Morgan fingerprint density at radius 2 is 1.67 bits per heavy atom. The minimum absolute atomic E-state index is 0.0216. The molecular formula is C27H20FNO4. The molecule has 164 valence electrons. The molecule has 4 aromatic carbocycles. The largest absolute Gasteiger partial charge is 0.508 e. The molecule has 2 aliphatic rings. The number of amides is 1. The second-order valence-corrected chi connectivity index (χ2v) is 8.35. The summed E-state index contributed by atoms with van der Waals surface area (Å²) in [6.07, 6.45) is 0.682. The average Bonchev–Trinajstić information content (AvgIpc) is 3.40. The molecular weight excluding hydrogens is 421 g/mol. The smallest absolute Gasteiger partial charge is 0.254 e. The van der Waals surface area contributed by atoms with Gasteiger partial charge in [-0.15, -0.1) is 0 Å². The van der Waals surface area contributed by atoms with Gasteiger partial charge in [0, 0.05) is 18.7 Å². The number of fused-ring (bicyclic) bond motifs is 3. The molecule has 0 saturated heterocycles. The molecule has 0 spiro atoms. The number of carbonyl (C=O) groups excluding carboxylic acids is 1. The molecule has 5 nitrogen and oxygen atoms in total. The van der Waals surface area contributed by atoms with Crippen molar-refractivity contribution in [1.29, 1.82) is 0 Å². The van der Waals surface area contributed by atoms with E-state index in [-0.39, 0.29) is 24.3 Å². The molecule has 0 unspecified atom stereocenters. The van der Waals surface area contributed by atoms with Gasteiger partial charge >= 0.3 is 0 Å². The molecule has 0 aromatic heterocycles. The van der Waals surface area contributed by atoms with E-state index >= 15 is 0 Å². The van der Waals surface area contributed by atoms with E-state index in [0.29, 0.717) is 36.6 Å². The minimum Gasteiger partial charge on any atom is -0.508 e. The fraction of sp³-hybridized carbons (Fsp3) is 0.148. The van der Waals surface area contributed by atoms with E-state index in [4.69, 9.17) is 9.47 Å². The van der Waals surface area contributed by atoms with Gasteiger partial charge in [-0.25, -0.2) is 4.39 Å². The molecule has 0 aliphatic carbocycles. The topological polar surface area (TPSA) is 59.0 Å². The van der Waals surface area contributed by atoms with Gasteiger partial charge in [0.15, 0.2) is 11.5 Å². The van der Waals surface area contributed by atoms with E-state index in [1.165, 1.54) is 12.1 Å². The highest BCUT2D eigenvalue weighted by atomic mass is 19.1. The standard InChI is InChI=1S/C27H20FNO4/c28-19-5-3-17(4-6-19)26-21-13-25-24(32-15-33-25)12-18(21)11-22-23(26)14-29(27(22)31)10-9-16-1-7-20(30)8-2-16/h1-8,11-13,30H,9-10,14-15H2. The van der Waals surface area contributed by atoms with Crippen molar-refractivity contribution < 1.29 is 23.8 Å². The van der Waals surface area contributed by atoms with Crippen LogP contribution in [0.3, 0.4) is 0 Å². The number of hydrogen-bond donors (Lipinski definition) is 1. The van der Waals surface area contributed by atoms with E-state index < -0.39 is 0 Å². The summed E-state index contributed by atoms with van der Waals surface area (Å²) in [4.78, 5) is 15.2. The van der Waals surface area contributed by atoms with Crippen LogP contribution in [0.4, 0.5) is 4.39 Å². The number of rotatable bonds is 4. The van der Waals surface area contributed by atoms with E-state index in [1.54, 1.807) is 24.3 Å². The number of ether oxygens (including phenoxy) is 2. The van der Waals surface area contributed by atoms with Crippen LogP contribution >= 0.6 is 0 Å². The van der Waals surface area contributed by atoms with Gasteiger partial charge in [0.25, 0.3) is 5.91 Å². The van der Waals surface area contributed by atoms with Crippen LogP contribution in [0.15, 0.2) is 66.7 Å². The lowest BCUT2D eigenvalue weighted by atomic mass is 9.90. The molecule has 0 fully saturated rings. The maximum absolute atomic E-state index is 13.7. The summed E-state index contributed by atoms with van der Waals surface area (Å²) >= 11 is 0. The van der Waals surface area contributed by atoms with Gasteiger partial charge in [-0.2, -0.15) is 0 Å². The summed E-state index contributed by atoms with van der Waals surface area (Å²) in [5, 5.41) is 11.3. The number of nitrogens with zero attached hydrogens (tertiary/aromatic N) is 1. The van der Waals surface area contributed by atoms with Crippen molar-refractivity contribution in [2.24, 2.45) is 0 Å².